The lowest BCUT2D eigenvalue weighted by Gasteiger charge is -2.14. The molecule has 2 rings (SSSR count). The monoisotopic (exact) mass is 373 g/mol. The molecule has 11 heteroatoms. The number of rotatable bonds is 7. The smallest absolute Gasteiger partial charge is 0.398 e. The number of hydrogen-bond acceptors (Lipinski definition) is 8. The minimum atomic E-state index is -3.67. The Balaban J connectivity index is 2.61. The van der Waals surface area contributed by atoms with E-state index in [2.05, 4.69) is 0 Å². The molecule has 0 saturated carbocycles. The van der Waals surface area contributed by atoms with Crippen LogP contribution in [-0.2, 0) is 6.42 Å². The van der Waals surface area contributed by atoms with Crippen molar-refractivity contribution in [1.82, 2.24) is 0 Å². The third kappa shape index (κ3) is 3.66. The van der Waals surface area contributed by atoms with E-state index in [0.29, 0.717) is 0 Å². The van der Waals surface area contributed by atoms with E-state index in [1.54, 1.807) is 36.4 Å². The van der Waals surface area contributed by atoms with Crippen LogP contribution in [0.1, 0.15) is 16.7 Å². The fourth-order valence-electron chi connectivity index (χ4n) is 2.47. The lowest BCUT2D eigenvalue weighted by atomic mass is 9.96. The molecule has 0 atom stereocenters. The lowest BCUT2D eigenvalue weighted by molar-refractivity contribution is -0.969. The Labute approximate surface area is 152 Å². The van der Waals surface area contributed by atoms with E-state index in [0.717, 1.165) is 5.56 Å². The molecule has 140 valence electrons. The standard InChI is InChI=1S/C16H15N5O6/c17-14-8-9-15(18)13(10-16(19(22)23,20(24)25)21(26)27)12(14)7-6-11-4-2-1-3-5-11/h1-9H,10,17-18H2. The summed E-state index contributed by atoms with van der Waals surface area (Å²) in [6.07, 6.45) is 1.91. The van der Waals surface area contributed by atoms with Gasteiger partial charge in [0, 0.05) is 22.5 Å². The normalized spacial score (nSPS) is 11.4. The third-order valence-electron chi connectivity index (χ3n) is 3.96. The molecule has 0 aliphatic carbocycles. The van der Waals surface area contributed by atoms with Crippen LogP contribution in [-0.4, -0.2) is 20.6 Å². The number of nitrogen functional groups attached to an aromatic ring is 2. The first-order valence-electron chi connectivity index (χ1n) is 7.53. The van der Waals surface area contributed by atoms with Crippen LogP contribution in [0.3, 0.4) is 0 Å². The van der Waals surface area contributed by atoms with Gasteiger partial charge < -0.3 is 11.5 Å². The van der Waals surface area contributed by atoms with E-state index in [9.17, 15) is 30.3 Å². The lowest BCUT2D eigenvalue weighted by Crippen LogP contribution is -2.55. The summed E-state index contributed by atoms with van der Waals surface area (Å²) >= 11 is 0. The van der Waals surface area contributed by atoms with Gasteiger partial charge in [0.1, 0.15) is 0 Å². The molecule has 0 unspecified atom stereocenters. The van der Waals surface area contributed by atoms with Gasteiger partial charge in [-0.3, -0.25) is 30.3 Å². The fraction of sp³-hybridized carbons (Fsp3) is 0.125. The number of anilines is 2. The van der Waals surface area contributed by atoms with Gasteiger partial charge in [-0.05, 0) is 17.7 Å². The van der Waals surface area contributed by atoms with Crippen molar-refractivity contribution in [2.24, 2.45) is 0 Å². The van der Waals surface area contributed by atoms with Crippen LogP contribution >= 0.6 is 0 Å². The Morgan fingerprint density at radius 2 is 1.33 bits per heavy atom. The van der Waals surface area contributed by atoms with Crippen molar-refractivity contribution >= 4 is 23.5 Å². The Hall–Kier alpha value is -4.02. The maximum absolute atomic E-state index is 11.2. The summed E-state index contributed by atoms with van der Waals surface area (Å²) in [4.78, 5) is 29.1. The van der Waals surface area contributed by atoms with Crippen LogP contribution in [0.15, 0.2) is 42.5 Å². The van der Waals surface area contributed by atoms with E-state index < -0.39 is 27.0 Å². The van der Waals surface area contributed by atoms with Crippen molar-refractivity contribution in [1.29, 1.82) is 0 Å². The van der Waals surface area contributed by atoms with Crippen LogP contribution in [0.25, 0.3) is 12.2 Å². The van der Waals surface area contributed by atoms with Gasteiger partial charge in [-0.1, -0.05) is 42.5 Å². The predicted octanol–water partition coefficient (Wildman–Crippen LogP) is 2.05. The molecular formula is C16H15N5O6. The van der Waals surface area contributed by atoms with Crippen molar-refractivity contribution in [3.8, 4) is 0 Å². The summed E-state index contributed by atoms with van der Waals surface area (Å²) in [5, 5.41) is 33.7. The second kappa shape index (κ2) is 7.47. The van der Waals surface area contributed by atoms with Crippen LogP contribution in [0, 0.1) is 30.3 Å². The Morgan fingerprint density at radius 3 is 1.85 bits per heavy atom. The first-order valence-corrected chi connectivity index (χ1v) is 7.53. The molecule has 27 heavy (non-hydrogen) atoms. The average molecular weight is 373 g/mol. The molecule has 0 amide bonds. The van der Waals surface area contributed by atoms with E-state index in [-0.39, 0.29) is 22.5 Å². The van der Waals surface area contributed by atoms with Gasteiger partial charge in [0.15, 0.2) is 21.2 Å². The van der Waals surface area contributed by atoms with Crippen molar-refractivity contribution in [2.45, 2.75) is 12.2 Å². The quantitative estimate of drug-likeness (QED) is 0.243. The maximum atomic E-state index is 11.2. The van der Waals surface area contributed by atoms with Crippen LogP contribution < -0.4 is 11.5 Å². The molecule has 0 fully saturated rings. The van der Waals surface area contributed by atoms with Gasteiger partial charge in [0.2, 0.25) is 0 Å². The van der Waals surface area contributed by atoms with Gasteiger partial charge in [-0.25, -0.2) is 0 Å². The number of nitrogens with zero attached hydrogens (tertiary/aromatic N) is 3. The molecule has 0 aromatic heterocycles. The fourth-order valence-corrected chi connectivity index (χ4v) is 2.47. The zero-order valence-electron chi connectivity index (χ0n) is 13.8. The maximum Gasteiger partial charge on any atom is 0.704 e. The molecule has 4 N–H and O–H groups in total. The van der Waals surface area contributed by atoms with E-state index in [1.165, 1.54) is 18.2 Å². The average Bonchev–Trinajstić information content (AvgIpc) is 2.61. The van der Waals surface area contributed by atoms with E-state index in [4.69, 9.17) is 11.5 Å². The zero-order valence-corrected chi connectivity index (χ0v) is 13.8. The highest BCUT2D eigenvalue weighted by atomic mass is 16.7. The van der Waals surface area contributed by atoms with Crippen molar-refractivity contribution < 1.29 is 14.8 Å². The van der Waals surface area contributed by atoms with Crippen molar-refractivity contribution in [3.05, 3.63) is 89.5 Å². The first kappa shape index (κ1) is 19.3. The largest absolute Gasteiger partial charge is 0.704 e. The molecule has 0 aliphatic rings. The van der Waals surface area contributed by atoms with Gasteiger partial charge >= 0.3 is 5.79 Å². The van der Waals surface area contributed by atoms with Gasteiger partial charge in [0.05, 0.1) is 0 Å². The highest BCUT2D eigenvalue weighted by Crippen LogP contribution is 2.31. The zero-order chi connectivity index (χ0) is 20.2. The summed E-state index contributed by atoms with van der Waals surface area (Å²) in [6.45, 7) is 0. The minimum absolute atomic E-state index is 0.0770. The Morgan fingerprint density at radius 1 is 0.815 bits per heavy atom. The number of hydrogen-bond donors (Lipinski definition) is 2. The molecule has 2 aromatic carbocycles. The number of benzene rings is 2. The molecule has 2 aromatic rings. The van der Waals surface area contributed by atoms with Crippen LogP contribution in [0.4, 0.5) is 11.4 Å². The number of nitro groups is 3. The Kier molecular flexibility index (Phi) is 5.34. The first-order chi connectivity index (χ1) is 12.7. The molecule has 0 heterocycles. The van der Waals surface area contributed by atoms with Crippen molar-refractivity contribution in [2.75, 3.05) is 11.5 Å². The summed E-state index contributed by atoms with van der Waals surface area (Å²) in [6, 6.07) is 11.6. The third-order valence-corrected chi connectivity index (χ3v) is 3.96. The molecule has 0 bridgehead atoms. The molecule has 0 saturated heterocycles. The summed E-state index contributed by atoms with van der Waals surface area (Å²) in [7, 11) is 0. The second-order valence-electron chi connectivity index (χ2n) is 5.60. The minimum Gasteiger partial charge on any atom is -0.398 e. The van der Waals surface area contributed by atoms with Crippen LogP contribution in [0.2, 0.25) is 0 Å². The highest BCUT2D eigenvalue weighted by Gasteiger charge is 2.70. The van der Waals surface area contributed by atoms with E-state index in [1.807, 2.05) is 0 Å². The predicted molar refractivity (Wildman–Crippen MR) is 98.1 cm³/mol. The summed E-state index contributed by atoms with van der Waals surface area (Å²) in [5.41, 5.74) is 12.5. The van der Waals surface area contributed by atoms with Crippen molar-refractivity contribution in [3.63, 3.8) is 0 Å². The van der Waals surface area contributed by atoms with E-state index >= 15 is 0 Å². The topological polar surface area (TPSA) is 181 Å². The SMILES string of the molecule is Nc1ccc(N)c(CC([N+](=O)[O-])([N+](=O)[O-])[N+](=O)[O-])c1C=Cc1ccccc1. The molecule has 0 aliphatic heterocycles. The number of nitrogens with two attached hydrogens (primary N) is 2. The summed E-state index contributed by atoms with van der Waals surface area (Å²) in [5.74, 6) is -3.67. The summed E-state index contributed by atoms with van der Waals surface area (Å²) < 4.78 is 0. The van der Waals surface area contributed by atoms with Gasteiger partial charge in [-0.15, -0.1) is 0 Å². The molecule has 0 spiro atoms. The Bertz CT molecular complexity index is 892. The van der Waals surface area contributed by atoms with Gasteiger partial charge in [0.25, 0.3) is 0 Å². The molecule has 11 nitrogen and oxygen atoms in total. The van der Waals surface area contributed by atoms with Gasteiger partial charge in [-0.2, -0.15) is 0 Å². The van der Waals surface area contributed by atoms with Crippen LogP contribution in [0.5, 0.6) is 0 Å². The molecule has 0 radical (unpaired) electrons. The molecular weight excluding hydrogens is 358 g/mol. The highest BCUT2D eigenvalue weighted by molar-refractivity contribution is 5.80. The second-order valence-corrected chi connectivity index (χ2v) is 5.60.